The monoisotopic (exact) mass is 408 g/mol. The number of sulfone groups is 1. The van der Waals surface area contributed by atoms with E-state index in [9.17, 15) is 8.42 Å². The summed E-state index contributed by atoms with van der Waals surface area (Å²) in [7, 11) is -3.11. The van der Waals surface area contributed by atoms with Crippen molar-refractivity contribution in [2.24, 2.45) is 4.99 Å². The normalized spacial score (nSPS) is 12.2. The highest BCUT2D eigenvalue weighted by atomic mass is 32.2. The Bertz CT molecular complexity index is 846. The molecular formula is C19H28N4O2S2. The maximum Gasteiger partial charge on any atom is 0.191 e. The van der Waals surface area contributed by atoms with Crippen molar-refractivity contribution in [3.63, 3.8) is 0 Å². The Labute approximate surface area is 166 Å². The summed E-state index contributed by atoms with van der Waals surface area (Å²) in [6.07, 6.45) is 0.540. The van der Waals surface area contributed by atoms with Crippen LogP contribution in [0.5, 0.6) is 0 Å². The third-order valence-corrected chi connectivity index (χ3v) is 6.62. The van der Waals surface area contributed by atoms with E-state index in [1.807, 2.05) is 51.1 Å². The topological polar surface area (TPSA) is 83.4 Å². The first-order chi connectivity index (χ1) is 12.9. The van der Waals surface area contributed by atoms with Gasteiger partial charge in [-0.3, -0.25) is 0 Å². The fourth-order valence-electron chi connectivity index (χ4n) is 2.61. The molecule has 0 saturated carbocycles. The summed E-state index contributed by atoms with van der Waals surface area (Å²) >= 11 is 1.65. The molecule has 0 aliphatic carbocycles. The first kappa shape index (κ1) is 21.4. The lowest BCUT2D eigenvalue weighted by molar-refractivity contribution is 0.591. The van der Waals surface area contributed by atoms with Crippen molar-refractivity contribution < 1.29 is 8.42 Å². The van der Waals surface area contributed by atoms with Crippen LogP contribution < -0.4 is 10.6 Å². The van der Waals surface area contributed by atoms with Gasteiger partial charge in [-0.25, -0.2) is 18.4 Å². The van der Waals surface area contributed by atoms with Crippen molar-refractivity contribution in [2.45, 2.75) is 39.5 Å². The maximum absolute atomic E-state index is 12.2. The fourth-order valence-corrected chi connectivity index (χ4v) is 4.90. The van der Waals surface area contributed by atoms with E-state index in [2.05, 4.69) is 20.6 Å². The van der Waals surface area contributed by atoms with E-state index < -0.39 is 9.84 Å². The number of aryl methyl sites for hydroxylation is 2. The third kappa shape index (κ3) is 7.68. The summed E-state index contributed by atoms with van der Waals surface area (Å²) in [4.78, 5) is 10.1. The highest BCUT2D eigenvalue weighted by Crippen LogP contribution is 2.17. The van der Waals surface area contributed by atoms with Gasteiger partial charge in [0.05, 0.1) is 28.8 Å². The second-order valence-corrected chi connectivity index (χ2v) is 9.77. The van der Waals surface area contributed by atoms with Gasteiger partial charge in [0.1, 0.15) is 0 Å². The lowest BCUT2D eigenvalue weighted by Gasteiger charge is -2.11. The molecule has 0 fully saturated rings. The van der Waals surface area contributed by atoms with Gasteiger partial charge in [0.15, 0.2) is 15.8 Å². The van der Waals surface area contributed by atoms with Crippen LogP contribution in [0.15, 0.2) is 35.3 Å². The van der Waals surface area contributed by atoms with Crippen LogP contribution >= 0.6 is 11.3 Å². The lowest BCUT2D eigenvalue weighted by atomic mass is 10.2. The van der Waals surface area contributed by atoms with E-state index in [4.69, 9.17) is 0 Å². The second kappa shape index (κ2) is 10.4. The number of nitrogens with one attached hydrogen (secondary N) is 2. The van der Waals surface area contributed by atoms with E-state index in [0.29, 0.717) is 25.5 Å². The number of aromatic nitrogens is 1. The van der Waals surface area contributed by atoms with Gasteiger partial charge in [-0.15, -0.1) is 11.3 Å². The van der Waals surface area contributed by atoms with Gasteiger partial charge in [-0.1, -0.05) is 30.3 Å². The Morgan fingerprint density at radius 3 is 2.56 bits per heavy atom. The lowest BCUT2D eigenvalue weighted by Crippen LogP contribution is -2.38. The van der Waals surface area contributed by atoms with E-state index in [1.165, 1.54) is 0 Å². The Morgan fingerprint density at radius 1 is 1.19 bits per heavy atom. The van der Waals surface area contributed by atoms with Crippen molar-refractivity contribution in [1.82, 2.24) is 15.6 Å². The minimum Gasteiger partial charge on any atom is -0.357 e. The van der Waals surface area contributed by atoms with Gasteiger partial charge in [0, 0.05) is 18.0 Å². The molecule has 8 heteroatoms. The van der Waals surface area contributed by atoms with Crippen molar-refractivity contribution in [1.29, 1.82) is 0 Å². The van der Waals surface area contributed by atoms with E-state index in [1.54, 1.807) is 11.3 Å². The zero-order valence-electron chi connectivity index (χ0n) is 16.2. The van der Waals surface area contributed by atoms with Gasteiger partial charge in [-0.05, 0) is 32.8 Å². The highest BCUT2D eigenvalue weighted by molar-refractivity contribution is 7.90. The number of hydrogen-bond donors (Lipinski definition) is 2. The molecule has 0 atom stereocenters. The van der Waals surface area contributed by atoms with Crippen molar-refractivity contribution in [3.8, 4) is 0 Å². The molecule has 0 bridgehead atoms. The molecule has 6 nitrogen and oxygen atoms in total. The molecule has 1 heterocycles. The van der Waals surface area contributed by atoms with Crippen LogP contribution in [-0.2, 0) is 22.1 Å². The minimum absolute atomic E-state index is 0.0893. The SMILES string of the molecule is CCNC(=NCc1sc(C)nc1C)NCCCS(=O)(=O)Cc1ccccc1. The van der Waals surface area contributed by atoms with Gasteiger partial charge in [-0.2, -0.15) is 0 Å². The van der Waals surface area contributed by atoms with Crippen LogP contribution in [0.1, 0.15) is 34.5 Å². The predicted octanol–water partition coefficient (Wildman–Crippen LogP) is 2.82. The van der Waals surface area contributed by atoms with Crippen LogP contribution in [-0.4, -0.2) is 38.2 Å². The van der Waals surface area contributed by atoms with Gasteiger partial charge >= 0.3 is 0 Å². The molecule has 27 heavy (non-hydrogen) atoms. The number of nitrogens with zero attached hydrogens (tertiary/aromatic N) is 2. The predicted molar refractivity (Wildman–Crippen MR) is 113 cm³/mol. The molecule has 0 saturated heterocycles. The summed E-state index contributed by atoms with van der Waals surface area (Å²) in [5.41, 5.74) is 1.85. The molecule has 1 aromatic carbocycles. The Balaban J connectivity index is 1.81. The van der Waals surface area contributed by atoms with E-state index >= 15 is 0 Å². The Morgan fingerprint density at radius 2 is 1.93 bits per heavy atom. The summed E-state index contributed by atoms with van der Waals surface area (Å²) in [6.45, 7) is 7.86. The number of rotatable bonds is 9. The number of thiazole rings is 1. The van der Waals surface area contributed by atoms with Gasteiger partial charge in [0.2, 0.25) is 0 Å². The Kier molecular flexibility index (Phi) is 8.24. The standard InChI is InChI=1S/C19H28N4O2S2/c1-4-20-19(22-13-18-15(2)23-16(3)26-18)21-11-8-12-27(24,25)14-17-9-6-5-7-10-17/h5-7,9-10H,4,8,11-14H2,1-3H3,(H2,20,21,22). The molecule has 0 radical (unpaired) electrons. The summed E-state index contributed by atoms with van der Waals surface area (Å²) in [5.74, 6) is 0.941. The summed E-state index contributed by atoms with van der Waals surface area (Å²) in [6, 6.07) is 9.29. The highest BCUT2D eigenvalue weighted by Gasteiger charge is 2.11. The quantitative estimate of drug-likeness (QED) is 0.379. The van der Waals surface area contributed by atoms with Crippen LogP contribution in [0.25, 0.3) is 0 Å². The van der Waals surface area contributed by atoms with E-state index in [-0.39, 0.29) is 11.5 Å². The molecule has 1 aromatic heterocycles. The minimum atomic E-state index is -3.11. The smallest absolute Gasteiger partial charge is 0.191 e. The van der Waals surface area contributed by atoms with Crippen LogP contribution in [0.3, 0.4) is 0 Å². The zero-order valence-corrected chi connectivity index (χ0v) is 17.8. The molecule has 2 N–H and O–H groups in total. The largest absolute Gasteiger partial charge is 0.357 e. The molecule has 0 unspecified atom stereocenters. The second-order valence-electron chi connectivity index (χ2n) is 6.29. The average Bonchev–Trinajstić information content (AvgIpc) is 2.94. The van der Waals surface area contributed by atoms with Gasteiger partial charge < -0.3 is 10.6 Å². The molecule has 0 amide bonds. The average molecular weight is 409 g/mol. The first-order valence-corrected chi connectivity index (χ1v) is 11.7. The Hall–Kier alpha value is -1.93. The van der Waals surface area contributed by atoms with Crippen molar-refractivity contribution >= 4 is 27.1 Å². The van der Waals surface area contributed by atoms with E-state index in [0.717, 1.165) is 27.7 Å². The fraction of sp³-hybridized carbons (Fsp3) is 0.474. The molecule has 2 rings (SSSR count). The van der Waals surface area contributed by atoms with Crippen LogP contribution in [0.4, 0.5) is 0 Å². The summed E-state index contributed by atoms with van der Waals surface area (Å²) < 4.78 is 24.5. The molecular weight excluding hydrogens is 380 g/mol. The van der Waals surface area contributed by atoms with Crippen LogP contribution in [0.2, 0.25) is 0 Å². The molecule has 0 aliphatic heterocycles. The van der Waals surface area contributed by atoms with Crippen molar-refractivity contribution in [3.05, 3.63) is 51.5 Å². The molecule has 148 valence electrons. The number of hydrogen-bond acceptors (Lipinski definition) is 5. The van der Waals surface area contributed by atoms with Gasteiger partial charge in [0.25, 0.3) is 0 Å². The molecule has 0 aliphatic rings. The summed E-state index contributed by atoms with van der Waals surface area (Å²) in [5, 5.41) is 7.44. The number of benzene rings is 1. The van der Waals surface area contributed by atoms with Crippen LogP contribution in [0, 0.1) is 13.8 Å². The molecule has 0 spiro atoms. The molecule has 2 aromatic rings. The number of aliphatic imine (C=N–C) groups is 1. The maximum atomic E-state index is 12.2. The zero-order chi connectivity index (χ0) is 19.7. The number of guanidine groups is 1. The first-order valence-electron chi connectivity index (χ1n) is 9.09. The van der Waals surface area contributed by atoms with Crippen molar-refractivity contribution in [2.75, 3.05) is 18.8 Å². The third-order valence-electron chi connectivity index (χ3n) is 3.88.